The second kappa shape index (κ2) is 5.38. The highest BCUT2D eigenvalue weighted by Gasteiger charge is 2.42. The first kappa shape index (κ1) is 16.4. The minimum absolute atomic E-state index is 0.129. The monoisotopic (exact) mass is 293 g/mol. The third-order valence-corrected chi connectivity index (χ3v) is 4.70. The van der Waals surface area contributed by atoms with E-state index in [1.165, 1.54) is 4.31 Å². The predicted octanol–water partition coefficient (Wildman–Crippen LogP) is 1.07. The van der Waals surface area contributed by atoms with Crippen LogP contribution in [0.4, 0.5) is 0 Å². The van der Waals surface area contributed by atoms with Gasteiger partial charge >= 0.3 is 5.97 Å². The molecule has 1 saturated heterocycles. The summed E-state index contributed by atoms with van der Waals surface area (Å²) in [7, 11) is -3.43. The van der Waals surface area contributed by atoms with E-state index < -0.39 is 27.2 Å². The van der Waals surface area contributed by atoms with E-state index in [2.05, 4.69) is 0 Å². The third kappa shape index (κ3) is 5.08. The van der Waals surface area contributed by atoms with Crippen molar-refractivity contribution >= 4 is 16.0 Å². The molecule has 0 aliphatic carbocycles. The van der Waals surface area contributed by atoms with Crippen LogP contribution in [0.5, 0.6) is 0 Å². The number of ether oxygens (including phenoxy) is 1. The third-order valence-electron chi connectivity index (χ3n) is 2.85. The maximum Gasteiger partial charge on any atom is 0.303 e. The Bertz CT molecular complexity index is 425. The lowest BCUT2D eigenvalue weighted by Gasteiger charge is -2.46. The molecule has 0 aromatic carbocycles. The van der Waals surface area contributed by atoms with Crippen LogP contribution in [0.2, 0.25) is 0 Å². The SMILES string of the molecule is CC1(C)CN(S(=O)(=O)CCCC(=O)O)CC(C)(C)O1. The molecule has 0 aromatic heterocycles. The van der Waals surface area contributed by atoms with Gasteiger partial charge in [0.05, 0.1) is 17.0 Å². The number of carboxylic acids is 1. The molecule has 0 saturated carbocycles. The summed E-state index contributed by atoms with van der Waals surface area (Å²) in [5, 5.41) is 8.56. The van der Waals surface area contributed by atoms with Crippen molar-refractivity contribution in [2.24, 2.45) is 0 Å². The van der Waals surface area contributed by atoms with Gasteiger partial charge < -0.3 is 9.84 Å². The second-order valence-corrected chi connectivity index (χ2v) is 8.29. The fraction of sp³-hybridized carbons (Fsp3) is 0.917. The number of hydrogen-bond donors (Lipinski definition) is 1. The van der Waals surface area contributed by atoms with Crippen molar-refractivity contribution < 1.29 is 23.1 Å². The zero-order valence-electron chi connectivity index (χ0n) is 12.0. The van der Waals surface area contributed by atoms with Crippen molar-refractivity contribution in [2.75, 3.05) is 18.8 Å². The minimum atomic E-state index is -3.43. The minimum Gasteiger partial charge on any atom is -0.481 e. The molecule has 1 rings (SSSR count). The number of hydrogen-bond acceptors (Lipinski definition) is 4. The molecule has 0 amide bonds. The lowest BCUT2D eigenvalue weighted by Crippen LogP contribution is -2.58. The standard InChI is InChI=1S/C12H23NO5S/c1-11(2)8-13(9-12(3,4)18-11)19(16,17)7-5-6-10(14)15/h5-9H2,1-4H3,(H,14,15). The molecule has 19 heavy (non-hydrogen) atoms. The van der Waals surface area contributed by atoms with E-state index in [4.69, 9.17) is 9.84 Å². The molecule has 1 fully saturated rings. The summed E-state index contributed by atoms with van der Waals surface area (Å²) in [4.78, 5) is 10.4. The van der Waals surface area contributed by atoms with E-state index in [1.54, 1.807) is 0 Å². The van der Waals surface area contributed by atoms with E-state index in [0.29, 0.717) is 13.1 Å². The van der Waals surface area contributed by atoms with E-state index in [0.717, 1.165) is 0 Å². The summed E-state index contributed by atoms with van der Waals surface area (Å²) in [6.07, 6.45) is 0.00619. The highest BCUT2D eigenvalue weighted by molar-refractivity contribution is 7.89. The van der Waals surface area contributed by atoms with Gasteiger partial charge in [-0.1, -0.05) is 0 Å². The van der Waals surface area contributed by atoms with Crippen LogP contribution < -0.4 is 0 Å². The van der Waals surface area contributed by atoms with Crippen molar-refractivity contribution in [2.45, 2.75) is 51.7 Å². The molecule has 0 atom stereocenters. The lowest BCUT2D eigenvalue weighted by molar-refractivity contribution is -0.164. The Balaban J connectivity index is 2.74. The van der Waals surface area contributed by atoms with Crippen molar-refractivity contribution in [3.05, 3.63) is 0 Å². The summed E-state index contributed by atoms with van der Waals surface area (Å²) in [6.45, 7) is 8.01. The zero-order valence-corrected chi connectivity index (χ0v) is 12.8. The number of morpholine rings is 1. The molecule has 1 aliphatic heterocycles. The molecule has 0 bridgehead atoms. The Kier molecular flexibility index (Phi) is 4.64. The zero-order chi connectivity index (χ0) is 14.9. The number of sulfonamides is 1. The normalized spacial score (nSPS) is 23.2. The smallest absolute Gasteiger partial charge is 0.303 e. The lowest BCUT2D eigenvalue weighted by atomic mass is 10.0. The highest BCUT2D eigenvalue weighted by Crippen LogP contribution is 2.29. The first-order valence-corrected chi connectivity index (χ1v) is 7.94. The number of nitrogens with zero attached hydrogens (tertiary/aromatic N) is 1. The Morgan fingerprint density at radius 3 is 2.11 bits per heavy atom. The molecule has 0 spiro atoms. The molecule has 112 valence electrons. The van der Waals surface area contributed by atoms with Crippen LogP contribution in [-0.4, -0.2) is 53.8 Å². The largest absolute Gasteiger partial charge is 0.481 e. The van der Waals surface area contributed by atoms with E-state index >= 15 is 0 Å². The summed E-state index contributed by atoms with van der Waals surface area (Å²) >= 11 is 0. The van der Waals surface area contributed by atoms with Gasteiger partial charge in [0.15, 0.2) is 0 Å². The molecule has 0 radical (unpaired) electrons. The van der Waals surface area contributed by atoms with Gasteiger partial charge in [-0.15, -0.1) is 0 Å². The van der Waals surface area contributed by atoms with Gasteiger partial charge in [0.1, 0.15) is 0 Å². The quantitative estimate of drug-likeness (QED) is 0.819. The number of carbonyl (C=O) groups is 1. The van der Waals surface area contributed by atoms with Gasteiger partial charge in [0, 0.05) is 19.5 Å². The van der Waals surface area contributed by atoms with Crippen LogP contribution in [0.3, 0.4) is 0 Å². The van der Waals surface area contributed by atoms with E-state index in [1.807, 2.05) is 27.7 Å². The molecule has 1 aliphatic rings. The van der Waals surface area contributed by atoms with Crippen LogP contribution in [0.1, 0.15) is 40.5 Å². The predicted molar refractivity (Wildman–Crippen MR) is 71.5 cm³/mol. The Morgan fingerprint density at radius 1 is 1.21 bits per heavy atom. The highest BCUT2D eigenvalue weighted by atomic mass is 32.2. The van der Waals surface area contributed by atoms with E-state index in [-0.39, 0.29) is 18.6 Å². The van der Waals surface area contributed by atoms with Crippen LogP contribution in [-0.2, 0) is 19.6 Å². The second-order valence-electron chi connectivity index (χ2n) is 6.20. The summed E-state index contributed by atoms with van der Waals surface area (Å²) < 4.78 is 31.7. The van der Waals surface area contributed by atoms with Gasteiger partial charge in [0.25, 0.3) is 0 Å². The maximum atomic E-state index is 12.2. The molecule has 7 heteroatoms. The summed E-state index contributed by atoms with van der Waals surface area (Å²) in [5.74, 6) is -1.11. The van der Waals surface area contributed by atoms with Gasteiger partial charge in [-0.05, 0) is 34.1 Å². The number of carboxylic acid groups (broad SMARTS) is 1. The fourth-order valence-electron chi connectivity index (χ4n) is 2.45. The van der Waals surface area contributed by atoms with Crippen molar-refractivity contribution in [3.8, 4) is 0 Å². The summed E-state index contributed by atoms with van der Waals surface area (Å²) in [6, 6.07) is 0. The molecule has 0 aromatic rings. The Labute approximate surface area is 114 Å². The van der Waals surface area contributed by atoms with Crippen molar-refractivity contribution in [1.82, 2.24) is 4.31 Å². The number of aliphatic carboxylic acids is 1. The molecular formula is C12H23NO5S. The van der Waals surface area contributed by atoms with Gasteiger partial charge in [-0.2, -0.15) is 4.31 Å². The molecule has 1 heterocycles. The Morgan fingerprint density at radius 2 is 1.68 bits per heavy atom. The molecule has 0 unspecified atom stereocenters. The summed E-state index contributed by atoms with van der Waals surface area (Å²) in [5.41, 5.74) is -1.08. The molecular weight excluding hydrogens is 270 g/mol. The van der Waals surface area contributed by atoms with Gasteiger partial charge in [0.2, 0.25) is 10.0 Å². The molecule has 6 nitrogen and oxygen atoms in total. The van der Waals surface area contributed by atoms with Crippen LogP contribution in [0.15, 0.2) is 0 Å². The maximum absolute atomic E-state index is 12.2. The van der Waals surface area contributed by atoms with Gasteiger partial charge in [-0.25, -0.2) is 8.42 Å². The van der Waals surface area contributed by atoms with Gasteiger partial charge in [-0.3, -0.25) is 4.79 Å². The molecule has 1 N–H and O–H groups in total. The first-order chi connectivity index (χ1) is 8.44. The Hall–Kier alpha value is -0.660. The average Bonchev–Trinajstić information content (AvgIpc) is 2.11. The first-order valence-electron chi connectivity index (χ1n) is 6.33. The van der Waals surface area contributed by atoms with Crippen LogP contribution in [0, 0.1) is 0 Å². The van der Waals surface area contributed by atoms with E-state index in [9.17, 15) is 13.2 Å². The van der Waals surface area contributed by atoms with Crippen LogP contribution >= 0.6 is 0 Å². The fourth-order valence-corrected chi connectivity index (χ4v) is 4.23. The topological polar surface area (TPSA) is 83.9 Å². The van der Waals surface area contributed by atoms with Crippen molar-refractivity contribution in [3.63, 3.8) is 0 Å². The average molecular weight is 293 g/mol. The van der Waals surface area contributed by atoms with Crippen molar-refractivity contribution in [1.29, 1.82) is 0 Å². The number of rotatable bonds is 5. The van der Waals surface area contributed by atoms with Crippen LogP contribution in [0.25, 0.3) is 0 Å².